The van der Waals surface area contributed by atoms with E-state index in [4.69, 9.17) is 4.74 Å². The Labute approximate surface area is 111 Å². The zero-order chi connectivity index (χ0) is 13.2. The number of benzene rings is 2. The largest absolute Gasteiger partial charge is 0.508 e. The number of aryl methyl sites for hydroxylation is 1. The zero-order valence-electron chi connectivity index (χ0n) is 10.7. The number of phenolic OH excluding ortho intramolecular Hbond substituents is 1. The molecule has 19 heavy (non-hydrogen) atoms. The number of rotatable bonds is 3. The number of phenols is 1. The lowest BCUT2D eigenvalue weighted by Crippen LogP contribution is -1.94. The molecule has 0 aliphatic rings. The van der Waals surface area contributed by atoms with Crippen LogP contribution in [0.2, 0.25) is 0 Å². The highest BCUT2D eigenvalue weighted by atomic mass is 16.5. The summed E-state index contributed by atoms with van der Waals surface area (Å²) in [4.78, 5) is 0. The Hall–Kier alpha value is -2.42. The van der Waals surface area contributed by atoms with E-state index >= 15 is 0 Å². The van der Waals surface area contributed by atoms with Gasteiger partial charge in [0.15, 0.2) is 0 Å². The molecule has 0 atom stereocenters. The van der Waals surface area contributed by atoms with E-state index in [0.717, 1.165) is 22.2 Å². The maximum atomic E-state index is 9.60. The Morgan fingerprint density at radius 3 is 2.68 bits per heavy atom. The van der Waals surface area contributed by atoms with Crippen molar-refractivity contribution < 1.29 is 9.84 Å². The third-order valence-electron chi connectivity index (χ3n) is 3.19. The van der Waals surface area contributed by atoms with Crippen molar-refractivity contribution in [1.29, 1.82) is 0 Å². The molecule has 0 saturated heterocycles. The van der Waals surface area contributed by atoms with Gasteiger partial charge in [-0.1, -0.05) is 18.2 Å². The zero-order valence-corrected chi connectivity index (χ0v) is 10.7. The molecule has 0 aliphatic heterocycles. The summed E-state index contributed by atoms with van der Waals surface area (Å²) < 4.78 is 7.80. The van der Waals surface area contributed by atoms with E-state index in [1.165, 1.54) is 0 Å². The SMILES string of the molecule is Cn1cc(COc2ccccc2)c2cc(O)ccc21. The molecule has 3 heteroatoms. The lowest BCUT2D eigenvalue weighted by atomic mass is 10.2. The minimum Gasteiger partial charge on any atom is -0.508 e. The van der Waals surface area contributed by atoms with Crippen LogP contribution in [0.25, 0.3) is 10.9 Å². The van der Waals surface area contributed by atoms with Crippen LogP contribution in [0.5, 0.6) is 11.5 Å². The summed E-state index contributed by atoms with van der Waals surface area (Å²) in [5.41, 5.74) is 2.15. The van der Waals surface area contributed by atoms with E-state index < -0.39 is 0 Å². The number of fused-ring (bicyclic) bond motifs is 1. The maximum Gasteiger partial charge on any atom is 0.119 e. The van der Waals surface area contributed by atoms with Gasteiger partial charge in [0, 0.05) is 29.7 Å². The molecule has 0 amide bonds. The highest BCUT2D eigenvalue weighted by molar-refractivity contribution is 5.85. The monoisotopic (exact) mass is 253 g/mol. The average molecular weight is 253 g/mol. The van der Waals surface area contributed by atoms with Gasteiger partial charge in [0.1, 0.15) is 18.1 Å². The van der Waals surface area contributed by atoms with Crippen molar-refractivity contribution in [2.75, 3.05) is 0 Å². The average Bonchev–Trinajstić information content (AvgIpc) is 2.74. The fraction of sp³-hybridized carbons (Fsp3) is 0.125. The third-order valence-corrected chi connectivity index (χ3v) is 3.19. The van der Waals surface area contributed by atoms with Gasteiger partial charge in [-0.3, -0.25) is 0 Å². The molecule has 3 nitrogen and oxygen atoms in total. The maximum absolute atomic E-state index is 9.60. The van der Waals surface area contributed by atoms with Crippen molar-refractivity contribution in [3.8, 4) is 11.5 Å². The number of aromatic nitrogens is 1. The molecule has 1 N–H and O–H groups in total. The number of hydrogen-bond donors (Lipinski definition) is 1. The second-order valence-corrected chi connectivity index (χ2v) is 4.57. The first-order chi connectivity index (χ1) is 9.24. The van der Waals surface area contributed by atoms with Gasteiger partial charge < -0.3 is 14.4 Å². The van der Waals surface area contributed by atoms with Crippen LogP contribution in [-0.4, -0.2) is 9.67 Å². The molecular formula is C16H15NO2. The van der Waals surface area contributed by atoms with Gasteiger partial charge in [-0.15, -0.1) is 0 Å². The molecule has 1 aromatic heterocycles. The standard InChI is InChI=1S/C16H15NO2/c1-17-10-12(11-19-14-5-3-2-4-6-14)15-9-13(18)7-8-16(15)17/h2-10,18H,11H2,1H3. The fourth-order valence-electron chi connectivity index (χ4n) is 2.25. The fourth-order valence-corrected chi connectivity index (χ4v) is 2.25. The van der Waals surface area contributed by atoms with Crippen molar-refractivity contribution >= 4 is 10.9 Å². The number of aromatic hydroxyl groups is 1. The summed E-state index contributed by atoms with van der Waals surface area (Å²) in [7, 11) is 1.99. The first-order valence-electron chi connectivity index (χ1n) is 6.19. The van der Waals surface area contributed by atoms with Crippen LogP contribution >= 0.6 is 0 Å². The van der Waals surface area contributed by atoms with Crippen molar-refractivity contribution in [2.24, 2.45) is 7.05 Å². The summed E-state index contributed by atoms with van der Waals surface area (Å²) in [5.74, 6) is 1.12. The van der Waals surface area contributed by atoms with Gasteiger partial charge in [0.2, 0.25) is 0 Å². The minimum absolute atomic E-state index is 0.277. The molecule has 0 fully saturated rings. The Balaban J connectivity index is 1.91. The van der Waals surface area contributed by atoms with Crippen LogP contribution in [0, 0.1) is 0 Å². The van der Waals surface area contributed by atoms with Crippen LogP contribution in [0.3, 0.4) is 0 Å². The number of para-hydroxylation sites is 1. The van der Waals surface area contributed by atoms with Crippen LogP contribution in [-0.2, 0) is 13.7 Å². The van der Waals surface area contributed by atoms with Crippen molar-refractivity contribution in [3.05, 3.63) is 60.3 Å². The number of nitrogens with zero attached hydrogens (tertiary/aromatic N) is 1. The van der Waals surface area contributed by atoms with Crippen molar-refractivity contribution in [2.45, 2.75) is 6.61 Å². The number of ether oxygens (including phenoxy) is 1. The van der Waals surface area contributed by atoms with Crippen LogP contribution in [0.15, 0.2) is 54.7 Å². The molecule has 0 spiro atoms. The molecular weight excluding hydrogens is 238 g/mol. The Morgan fingerprint density at radius 2 is 1.89 bits per heavy atom. The lowest BCUT2D eigenvalue weighted by molar-refractivity contribution is 0.307. The van der Waals surface area contributed by atoms with E-state index in [1.54, 1.807) is 12.1 Å². The van der Waals surface area contributed by atoms with Crippen molar-refractivity contribution in [3.63, 3.8) is 0 Å². The predicted molar refractivity (Wildman–Crippen MR) is 75.4 cm³/mol. The lowest BCUT2D eigenvalue weighted by Gasteiger charge is -2.04. The number of hydrogen-bond acceptors (Lipinski definition) is 2. The summed E-state index contributed by atoms with van der Waals surface area (Å²) in [5, 5.41) is 10.6. The molecule has 0 unspecified atom stereocenters. The topological polar surface area (TPSA) is 34.4 Å². The quantitative estimate of drug-likeness (QED) is 0.775. The molecule has 3 aromatic rings. The van der Waals surface area contributed by atoms with E-state index in [2.05, 4.69) is 0 Å². The van der Waals surface area contributed by atoms with Gasteiger partial charge in [0.05, 0.1) is 0 Å². The summed E-state index contributed by atoms with van der Waals surface area (Å²) in [6, 6.07) is 15.1. The highest BCUT2D eigenvalue weighted by Crippen LogP contribution is 2.25. The van der Waals surface area contributed by atoms with E-state index in [9.17, 15) is 5.11 Å². The van der Waals surface area contributed by atoms with E-state index in [-0.39, 0.29) is 5.75 Å². The van der Waals surface area contributed by atoms with Crippen LogP contribution in [0.4, 0.5) is 0 Å². The smallest absolute Gasteiger partial charge is 0.119 e. The molecule has 1 heterocycles. The van der Waals surface area contributed by atoms with Crippen molar-refractivity contribution in [1.82, 2.24) is 4.57 Å². The van der Waals surface area contributed by atoms with Gasteiger partial charge in [-0.2, -0.15) is 0 Å². The van der Waals surface area contributed by atoms with Crippen LogP contribution in [0.1, 0.15) is 5.56 Å². The predicted octanol–water partition coefficient (Wildman–Crippen LogP) is 3.46. The third kappa shape index (κ3) is 2.27. The van der Waals surface area contributed by atoms with Crippen LogP contribution < -0.4 is 4.74 Å². The molecule has 96 valence electrons. The Morgan fingerprint density at radius 1 is 1.11 bits per heavy atom. The van der Waals surface area contributed by atoms with Gasteiger partial charge in [-0.25, -0.2) is 0 Å². The van der Waals surface area contributed by atoms with Gasteiger partial charge in [0.25, 0.3) is 0 Å². The first-order valence-corrected chi connectivity index (χ1v) is 6.19. The summed E-state index contributed by atoms with van der Waals surface area (Å²) in [6.45, 7) is 0.491. The second-order valence-electron chi connectivity index (χ2n) is 4.57. The minimum atomic E-state index is 0.277. The molecule has 0 aliphatic carbocycles. The molecule has 3 rings (SSSR count). The molecule has 2 aromatic carbocycles. The van der Waals surface area contributed by atoms with Gasteiger partial charge in [-0.05, 0) is 30.3 Å². The summed E-state index contributed by atoms with van der Waals surface area (Å²) in [6.07, 6.45) is 2.03. The molecule has 0 radical (unpaired) electrons. The van der Waals surface area contributed by atoms with E-state index in [1.807, 2.05) is 54.2 Å². The Bertz CT molecular complexity index is 701. The second kappa shape index (κ2) is 4.69. The van der Waals surface area contributed by atoms with Gasteiger partial charge >= 0.3 is 0 Å². The molecule has 0 bridgehead atoms. The summed E-state index contributed by atoms with van der Waals surface area (Å²) >= 11 is 0. The Kier molecular flexibility index (Phi) is 2.88. The normalized spacial score (nSPS) is 10.8. The first kappa shape index (κ1) is 11.7. The highest BCUT2D eigenvalue weighted by Gasteiger charge is 2.07. The van der Waals surface area contributed by atoms with E-state index in [0.29, 0.717) is 6.61 Å². The molecule has 0 saturated carbocycles.